The van der Waals surface area contributed by atoms with Gasteiger partial charge in [0.05, 0.1) is 31.7 Å². The Kier molecular flexibility index (Phi) is 12.3. The molecular formula is C31H38N4O7S. The molecule has 0 spiro atoms. The third-order valence-electron chi connectivity index (χ3n) is 6.54. The summed E-state index contributed by atoms with van der Waals surface area (Å²) in [5, 5.41) is 18.7. The molecule has 0 fully saturated rings. The third-order valence-corrected chi connectivity index (χ3v) is 7.57. The highest BCUT2D eigenvalue weighted by atomic mass is 32.2. The van der Waals surface area contributed by atoms with Crippen molar-refractivity contribution in [2.24, 2.45) is 5.92 Å². The van der Waals surface area contributed by atoms with Gasteiger partial charge in [-0.2, -0.15) is 4.98 Å². The van der Waals surface area contributed by atoms with E-state index in [2.05, 4.69) is 20.8 Å². The Labute approximate surface area is 255 Å². The van der Waals surface area contributed by atoms with Crippen molar-refractivity contribution in [3.8, 4) is 17.2 Å². The van der Waals surface area contributed by atoms with Gasteiger partial charge in [-0.3, -0.25) is 19.2 Å². The van der Waals surface area contributed by atoms with Crippen LogP contribution in [-0.2, 0) is 31.4 Å². The van der Waals surface area contributed by atoms with E-state index in [1.807, 2.05) is 44.2 Å². The highest BCUT2D eigenvalue weighted by molar-refractivity contribution is 7.99. The molecule has 0 aliphatic rings. The molecular weight excluding hydrogens is 572 g/mol. The largest absolute Gasteiger partial charge is 0.496 e. The zero-order valence-corrected chi connectivity index (χ0v) is 25.8. The smallest absolute Gasteiger partial charge is 0.305 e. The number of carboxylic acids is 1. The second kappa shape index (κ2) is 15.9. The average Bonchev–Trinajstić information content (AvgIpc) is 3.46. The van der Waals surface area contributed by atoms with Gasteiger partial charge in [0.15, 0.2) is 11.6 Å². The summed E-state index contributed by atoms with van der Waals surface area (Å²) < 4.78 is 10.8. The number of aliphatic carboxylic acids is 1. The van der Waals surface area contributed by atoms with Gasteiger partial charge in [-0.25, -0.2) is 0 Å². The maximum atomic E-state index is 13.3. The number of ketones is 1. The van der Waals surface area contributed by atoms with E-state index in [1.54, 1.807) is 32.0 Å². The number of nitrogens with one attached hydrogen (secondary N) is 2. The van der Waals surface area contributed by atoms with Gasteiger partial charge in [0, 0.05) is 22.8 Å². The SMILES string of the molecule is COc1ccc(-c2nc(C(C)C)no2)cc1CC(=O)N[C@H](C(=O)NC(CC(=O)O)C(=O)CSCc1ccccc1)C(C)C. The van der Waals surface area contributed by atoms with E-state index >= 15 is 0 Å². The molecule has 230 valence electrons. The zero-order valence-electron chi connectivity index (χ0n) is 25.0. The highest BCUT2D eigenvalue weighted by Gasteiger charge is 2.30. The number of amides is 2. The molecule has 1 heterocycles. The quantitative estimate of drug-likeness (QED) is 0.216. The molecule has 2 amide bonds. The maximum absolute atomic E-state index is 13.3. The molecule has 12 heteroatoms. The molecule has 0 aliphatic heterocycles. The number of aromatic nitrogens is 2. The van der Waals surface area contributed by atoms with E-state index < -0.39 is 42.1 Å². The van der Waals surface area contributed by atoms with Crippen LogP contribution in [0.2, 0.25) is 0 Å². The van der Waals surface area contributed by atoms with Gasteiger partial charge in [-0.15, -0.1) is 11.8 Å². The van der Waals surface area contributed by atoms with Crippen LogP contribution in [-0.4, -0.2) is 63.8 Å². The van der Waals surface area contributed by atoms with E-state index in [4.69, 9.17) is 9.26 Å². The van der Waals surface area contributed by atoms with Gasteiger partial charge < -0.3 is 25.0 Å². The summed E-state index contributed by atoms with van der Waals surface area (Å²) in [5.41, 5.74) is 2.18. The fourth-order valence-electron chi connectivity index (χ4n) is 4.19. The first-order valence-electron chi connectivity index (χ1n) is 13.9. The second-order valence-electron chi connectivity index (χ2n) is 10.7. The van der Waals surface area contributed by atoms with Crippen LogP contribution in [0.25, 0.3) is 11.5 Å². The van der Waals surface area contributed by atoms with Crippen LogP contribution in [0, 0.1) is 5.92 Å². The molecule has 0 saturated carbocycles. The molecule has 0 aliphatic carbocycles. The highest BCUT2D eigenvalue weighted by Crippen LogP contribution is 2.27. The number of benzene rings is 2. The predicted molar refractivity (Wildman–Crippen MR) is 163 cm³/mol. The first-order valence-corrected chi connectivity index (χ1v) is 15.1. The zero-order chi connectivity index (χ0) is 31.5. The molecule has 3 N–H and O–H groups in total. The minimum Gasteiger partial charge on any atom is -0.496 e. The number of rotatable bonds is 16. The van der Waals surface area contributed by atoms with E-state index in [-0.39, 0.29) is 24.0 Å². The van der Waals surface area contributed by atoms with Crippen LogP contribution < -0.4 is 15.4 Å². The summed E-state index contributed by atoms with van der Waals surface area (Å²) in [4.78, 5) is 55.2. The Balaban J connectivity index is 1.68. The molecule has 1 unspecified atom stereocenters. The maximum Gasteiger partial charge on any atom is 0.305 e. The van der Waals surface area contributed by atoms with E-state index in [1.165, 1.54) is 18.9 Å². The fraction of sp³-hybridized carbons (Fsp3) is 0.419. The lowest BCUT2D eigenvalue weighted by Gasteiger charge is -2.25. The Bertz CT molecular complexity index is 1410. The average molecular weight is 611 g/mol. The number of hydrogen-bond donors (Lipinski definition) is 3. The lowest BCUT2D eigenvalue weighted by Crippen LogP contribution is -2.54. The fourth-order valence-corrected chi connectivity index (χ4v) is 5.13. The van der Waals surface area contributed by atoms with Crippen molar-refractivity contribution in [1.29, 1.82) is 0 Å². The van der Waals surface area contributed by atoms with E-state index in [0.29, 0.717) is 34.3 Å². The number of carboxylic acid groups (broad SMARTS) is 1. The summed E-state index contributed by atoms with van der Waals surface area (Å²) in [6, 6.07) is 12.5. The van der Waals surface area contributed by atoms with Gasteiger partial charge >= 0.3 is 5.97 Å². The Hall–Kier alpha value is -4.19. The lowest BCUT2D eigenvalue weighted by molar-refractivity contribution is -0.140. The number of ether oxygens (including phenoxy) is 1. The Morgan fingerprint density at radius 1 is 1.02 bits per heavy atom. The first-order chi connectivity index (χ1) is 20.5. The summed E-state index contributed by atoms with van der Waals surface area (Å²) >= 11 is 1.34. The second-order valence-corrected chi connectivity index (χ2v) is 11.7. The molecule has 2 atom stereocenters. The summed E-state index contributed by atoms with van der Waals surface area (Å²) in [7, 11) is 1.49. The van der Waals surface area contributed by atoms with Crippen LogP contribution in [0.1, 0.15) is 57.0 Å². The monoisotopic (exact) mass is 610 g/mol. The number of carbonyl (C=O) groups excluding carboxylic acids is 3. The molecule has 3 aromatic rings. The van der Waals surface area contributed by atoms with Crippen LogP contribution in [0.5, 0.6) is 5.75 Å². The number of carbonyl (C=O) groups is 4. The summed E-state index contributed by atoms with van der Waals surface area (Å²) in [6.07, 6.45) is -0.681. The molecule has 0 saturated heterocycles. The Morgan fingerprint density at radius 3 is 2.35 bits per heavy atom. The number of methoxy groups -OCH3 is 1. The molecule has 11 nitrogen and oxygen atoms in total. The molecule has 2 aromatic carbocycles. The standard InChI is InChI=1S/C31H38N4O7S/c1-18(2)28(30(40)32-23(15-27(38)39)24(36)17-43-16-20-9-7-6-8-10-20)33-26(37)14-22-13-21(11-12-25(22)41-5)31-34-29(19(3)4)35-42-31/h6-13,18-19,23,28H,14-17H2,1-5H3,(H,32,40)(H,33,37)(H,38,39)/t23?,28-/m0/s1. The van der Waals surface area contributed by atoms with Crippen molar-refractivity contribution in [2.45, 2.75) is 64.3 Å². The van der Waals surface area contributed by atoms with Gasteiger partial charge in [0.2, 0.25) is 11.8 Å². The van der Waals surface area contributed by atoms with Gasteiger partial charge in [0.25, 0.3) is 5.89 Å². The number of thioether (sulfide) groups is 1. The van der Waals surface area contributed by atoms with Crippen LogP contribution in [0.4, 0.5) is 0 Å². The molecule has 0 radical (unpaired) electrons. The van der Waals surface area contributed by atoms with Crippen molar-refractivity contribution >= 4 is 35.3 Å². The summed E-state index contributed by atoms with van der Waals surface area (Å²) in [5.74, 6) is -1.05. The topological polar surface area (TPSA) is 161 Å². The molecule has 43 heavy (non-hydrogen) atoms. The predicted octanol–water partition coefficient (Wildman–Crippen LogP) is 4.01. The van der Waals surface area contributed by atoms with Crippen molar-refractivity contribution in [2.75, 3.05) is 12.9 Å². The van der Waals surface area contributed by atoms with Crippen LogP contribution in [0.15, 0.2) is 53.1 Å². The first kappa shape index (κ1) is 33.3. The van der Waals surface area contributed by atoms with Crippen molar-refractivity contribution < 1.29 is 33.5 Å². The van der Waals surface area contributed by atoms with Crippen molar-refractivity contribution in [1.82, 2.24) is 20.8 Å². The van der Waals surface area contributed by atoms with Crippen LogP contribution in [0.3, 0.4) is 0 Å². The van der Waals surface area contributed by atoms with Gasteiger partial charge in [0.1, 0.15) is 11.8 Å². The minimum atomic E-state index is -1.23. The van der Waals surface area contributed by atoms with Gasteiger partial charge in [-0.1, -0.05) is 63.2 Å². The van der Waals surface area contributed by atoms with Gasteiger partial charge in [-0.05, 0) is 29.7 Å². The lowest BCUT2D eigenvalue weighted by atomic mass is 10.0. The molecule has 1 aromatic heterocycles. The number of nitrogens with zero attached hydrogens (tertiary/aromatic N) is 2. The van der Waals surface area contributed by atoms with E-state index in [0.717, 1.165) is 5.56 Å². The normalized spacial score (nSPS) is 12.5. The number of hydrogen-bond acceptors (Lipinski definition) is 9. The van der Waals surface area contributed by atoms with Crippen molar-refractivity contribution in [3.05, 3.63) is 65.5 Å². The molecule has 0 bridgehead atoms. The van der Waals surface area contributed by atoms with Crippen molar-refractivity contribution in [3.63, 3.8) is 0 Å². The molecule has 3 rings (SSSR count). The third kappa shape index (κ3) is 9.95. The Morgan fingerprint density at radius 2 is 1.74 bits per heavy atom. The number of Topliss-reactive ketones (excluding diaryl/α,β-unsaturated/α-hetero) is 1. The van der Waals surface area contributed by atoms with Crippen LogP contribution >= 0.6 is 11.8 Å². The van der Waals surface area contributed by atoms with E-state index in [9.17, 15) is 24.3 Å². The minimum absolute atomic E-state index is 0.0284. The summed E-state index contributed by atoms with van der Waals surface area (Å²) in [6.45, 7) is 7.39.